The lowest BCUT2D eigenvalue weighted by molar-refractivity contribution is 0.640. The summed E-state index contributed by atoms with van der Waals surface area (Å²) in [6.45, 7) is 4.06. The number of nitrogens with one attached hydrogen (secondary N) is 1. The quantitative estimate of drug-likeness (QED) is 0.805. The number of hydrogen-bond donors (Lipinski definition) is 2. The lowest BCUT2D eigenvalue weighted by Gasteiger charge is -2.22. The second-order valence-corrected chi connectivity index (χ2v) is 4.48. The van der Waals surface area contributed by atoms with Gasteiger partial charge in [-0.2, -0.15) is 0 Å². The van der Waals surface area contributed by atoms with Gasteiger partial charge >= 0.3 is 0 Å². The highest BCUT2D eigenvalue weighted by Gasteiger charge is 2.15. The molecular formula is C13H19N3. The van der Waals surface area contributed by atoms with Gasteiger partial charge in [0.05, 0.1) is 5.82 Å². The number of nitrogens with zero attached hydrogens (tertiary/aromatic N) is 1. The van der Waals surface area contributed by atoms with E-state index in [9.17, 15) is 0 Å². The van der Waals surface area contributed by atoms with Crippen LogP contribution in [0.5, 0.6) is 0 Å². The molecule has 3 nitrogen and oxygen atoms in total. The van der Waals surface area contributed by atoms with Gasteiger partial charge < -0.3 is 16.0 Å². The molecule has 0 aliphatic carbocycles. The van der Waals surface area contributed by atoms with Crippen LogP contribution < -0.4 is 16.0 Å². The third-order valence-corrected chi connectivity index (χ3v) is 2.93. The summed E-state index contributed by atoms with van der Waals surface area (Å²) in [5, 5.41) is 3.15. The van der Waals surface area contributed by atoms with Gasteiger partial charge in [0.15, 0.2) is 0 Å². The SMILES string of the molecule is Cc1cccc(N(C)C[C@H]2C=C(N)NC2)c1. The van der Waals surface area contributed by atoms with Crippen LogP contribution in [0.1, 0.15) is 5.56 Å². The van der Waals surface area contributed by atoms with Crippen molar-refractivity contribution < 1.29 is 0 Å². The third-order valence-electron chi connectivity index (χ3n) is 2.93. The first-order chi connectivity index (χ1) is 7.65. The number of aryl methyl sites for hydroxylation is 1. The molecule has 86 valence electrons. The van der Waals surface area contributed by atoms with Crippen molar-refractivity contribution in [2.75, 3.05) is 25.0 Å². The van der Waals surface area contributed by atoms with Gasteiger partial charge in [0.25, 0.3) is 0 Å². The summed E-state index contributed by atoms with van der Waals surface area (Å²) in [4.78, 5) is 2.27. The van der Waals surface area contributed by atoms with Crippen LogP contribution in [0.3, 0.4) is 0 Å². The van der Waals surface area contributed by atoms with E-state index < -0.39 is 0 Å². The molecule has 0 saturated heterocycles. The van der Waals surface area contributed by atoms with E-state index in [-0.39, 0.29) is 0 Å². The van der Waals surface area contributed by atoms with Gasteiger partial charge in [0.2, 0.25) is 0 Å². The average molecular weight is 217 g/mol. The molecule has 1 aliphatic rings. The predicted octanol–water partition coefficient (Wildman–Crippen LogP) is 1.45. The van der Waals surface area contributed by atoms with Crippen LogP contribution in [-0.4, -0.2) is 20.1 Å². The van der Waals surface area contributed by atoms with E-state index in [1.54, 1.807) is 0 Å². The highest BCUT2D eigenvalue weighted by Crippen LogP contribution is 2.17. The van der Waals surface area contributed by atoms with Crippen LogP contribution in [0.2, 0.25) is 0 Å². The largest absolute Gasteiger partial charge is 0.386 e. The molecule has 1 aromatic rings. The minimum atomic E-state index is 0.505. The van der Waals surface area contributed by atoms with Crippen molar-refractivity contribution in [1.82, 2.24) is 5.32 Å². The van der Waals surface area contributed by atoms with E-state index in [1.807, 2.05) is 0 Å². The third kappa shape index (κ3) is 2.48. The molecule has 0 amide bonds. The Morgan fingerprint density at radius 2 is 2.31 bits per heavy atom. The summed E-state index contributed by atoms with van der Waals surface area (Å²) < 4.78 is 0. The lowest BCUT2D eigenvalue weighted by Crippen LogP contribution is -2.27. The van der Waals surface area contributed by atoms with Crippen LogP contribution in [0.4, 0.5) is 5.69 Å². The number of anilines is 1. The first kappa shape index (κ1) is 10.9. The summed E-state index contributed by atoms with van der Waals surface area (Å²) in [7, 11) is 2.12. The fourth-order valence-corrected chi connectivity index (χ4v) is 2.06. The van der Waals surface area contributed by atoms with Gasteiger partial charge in [-0.3, -0.25) is 0 Å². The van der Waals surface area contributed by atoms with E-state index in [1.165, 1.54) is 11.3 Å². The Kier molecular flexibility index (Phi) is 3.04. The van der Waals surface area contributed by atoms with Gasteiger partial charge in [-0.25, -0.2) is 0 Å². The Bertz CT molecular complexity index is 398. The first-order valence-electron chi connectivity index (χ1n) is 5.64. The predicted molar refractivity (Wildman–Crippen MR) is 68.2 cm³/mol. The summed E-state index contributed by atoms with van der Waals surface area (Å²) in [5.74, 6) is 1.31. The Balaban J connectivity index is 2.00. The number of nitrogens with two attached hydrogens (primary N) is 1. The topological polar surface area (TPSA) is 41.3 Å². The monoisotopic (exact) mass is 217 g/mol. The van der Waals surface area contributed by atoms with Crippen LogP contribution in [0.25, 0.3) is 0 Å². The van der Waals surface area contributed by atoms with Crippen molar-refractivity contribution >= 4 is 5.69 Å². The molecule has 1 aromatic carbocycles. The molecule has 16 heavy (non-hydrogen) atoms. The smallest absolute Gasteiger partial charge is 0.0923 e. The van der Waals surface area contributed by atoms with Crippen molar-refractivity contribution in [1.29, 1.82) is 0 Å². The Morgan fingerprint density at radius 3 is 2.94 bits per heavy atom. The molecule has 3 N–H and O–H groups in total. The summed E-state index contributed by atoms with van der Waals surface area (Å²) in [6, 6.07) is 8.56. The first-order valence-corrected chi connectivity index (χ1v) is 5.64. The Morgan fingerprint density at radius 1 is 1.50 bits per heavy atom. The zero-order valence-corrected chi connectivity index (χ0v) is 9.90. The molecule has 0 saturated carbocycles. The second-order valence-electron chi connectivity index (χ2n) is 4.48. The number of hydrogen-bond acceptors (Lipinski definition) is 3. The fourth-order valence-electron chi connectivity index (χ4n) is 2.06. The lowest BCUT2D eigenvalue weighted by atomic mass is 10.1. The molecule has 0 bridgehead atoms. The highest BCUT2D eigenvalue weighted by molar-refractivity contribution is 5.47. The van der Waals surface area contributed by atoms with Gasteiger partial charge in [-0.05, 0) is 30.7 Å². The van der Waals surface area contributed by atoms with Crippen molar-refractivity contribution in [3.05, 3.63) is 41.7 Å². The fraction of sp³-hybridized carbons (Fsp3) is 0.385. The van der Waals surface area contributed by atoms with Crippen LogP contribution in [0.15, 0.2) is 36.2 Å². The van der Waals surface area contributed by atoms with E-state index >= 15 is 0 Å². The molecular weight excluding hydrogens is 198 g/mol. The minimum absolute atomic E-state index is 0.505. The molecule has 0 radical (unpaired) electrons. The standard InChI is InChI=1S/C13H19N3/c1-10-4-3-5-12(6-10)16(2)9-11-7-13(14)15-8-11/h3-7,11,15H,8-9,14H2,1-2H3/t11-/m0/s1. The maximum absolute atomic E-state index is 5.70. The summed E-state index contributed by atoms with van der Waals surface area (Å²) in [6.07, 6.45) is 2.10. The molecule has 0 fully saturated rings. The zero-order chi connectivity index (χ0) is 11.5. The summed E-state index contributed by atoms with van der Waals surface area (Å²) in [5.41, 5.74) is 8.25. The molecule has 0 unspecified atom stereocenters. The number of rotatable bonds is 3. The Labute approximate surface area is 96.9 Å². The van der Waals surface area contributed by atoms with Crippen LogP contribution in [-0.2, 0) is 0 Å². The molecule has 1 heterocycles. The average Bonchev–Trinajstić information content (AvgIpc) is 2.64. The minimum Gasteiger partial charge on any atom is -0.386 e. The van der Waals surface area contributed by atoms with Gasteiger partial charge in [-0.1, -0.05) is 12.1 Å². The summed E-state index contributed by atoms with van der Waals surface area (Å²) >= 11 is 0. The van der Waals surface area contributed by atoms with Gasteiger partial charge in [0.1, 0.15) is 0 Å². The van der Waals surface area contributed by atoms with E-state index in [2.05, 4.69) is 54.5 Å². The van der Waals surface area contributed by atoms with Gasteiger partial charge in [-0.15, -0.1) is 0 Å². The van der Waals surface area contributed by atoms with Crippen LogP contribution in [0, 0.1) is 12.8 Å². The van der Waals surface area contributed by atoms with E-state index in [0.29, 0.717) is 5.92 Å². The molecule has 0 spiro atoms. The van der Waals surface area contributed by atoms with E-state index in [4.69, 9.17) is 5.73 Å². The van der Waals surface area contributed by atoms with E-state index in [0.717, 1.165) is 18.9 Å². The Hall–Kier alpha value is -1.64. The molecule has 1 atom stereocenters. The maximum atomic E-state index is 5.70. The van der Waals surface area contributed by atoms with Crippen molar-refractivity contribution in [3.63, 3.8) is 0 Å². The maximum Gasteiger partial charge on any atom is 0.0923 e. The van der Waals surface area contributed by atoms with Crippen LogP contribution >= 0.6 is 0 Å². The number of benzene rings is 1. The molecule has 1 aliphatic heterocycles. The molecule has 2 rings (SSSR count). The zero-order valence-electron chi connectivity index (χ0n) is 9.90. The van der Waals surface area contributed by atoms with Gasteiger partial charge in [0, 0.05) is 31.7 Å². The normalized spacial score (nSPS) is 19.1. The van der Waals surface area contributed by atoms with Crippen molar-refractivity contribution in [2.24, 2.45) is 11.7 Å². The second kappa shape index (κ2) is 4.47. The molecule has 3 heteroatoms. The molecule has 0 aromatic heterocycles. The highest BCUT2D eigenvalue weighted by atomic mass is 15.1. The van der Waals surface area contributed by atoms with Crippen molar-refractivity contribution in [3.8, 4) is 0 Å². The van der Waals surface area contributed by atoms with Crippen molar-refractivity contribution in [2.45, 2.75) is 6.92 Å².